The monoisotopic (exact) mass is 190 g/mol. The minimum absolute atomic E-state index is 0.851. The van der Waals surface area contributed by atoms with E-state index in [9.17, 15) is 0 Å². The maximum atomic E-state index is 5.09. The molecule has 3 heteroatoms. The van der Waals surface area contributed by atoms with E-state index in [1.54, 1.807) is 7.11 Å². The van der Waals surface area contributed by atoms with Crippen molar-refractivity contribution in [3.63, 3.8) is 0 Å². The molecule has 0 aromatic rings. The first-order chi connectivity index (χ1) is 5.77. The lowest BCUT2D eigenvalue weighted by molar-refractivity contribution is -0.937. The molecule has 0 unspecified atom stereocenters. The van der Waals surface area contributed by atoms with Crippen LogP contribution in [0.2, 0.25) is 0 Å². The molecule has 0 aliphatic rings. The van der Waals surface area contributed by atoms with Gasteiger partial charge >= 0.3 is 0 Å². The number of hydrogen-bond donors (Lipinski definition) is 0. The molecular formula is C10H26N2O+2. The van der Waals surface area contributed by atoms with Gasteiger partial charge < -0.3 is 13.7 Å². The van der Waals surface area contributed by atoms with Crippen molar-refractivity contribution in [3.05, 3.63) is 0 Å². The fraction of sp³-hybridized carbons (Fsp3) is 1.00. The summed E-state index contributed by atoms with van der Waals surface area (Å²) in [7, 11) is 13.0. The molecule has 0 heterocycles. The summed E-state index contributed by atoms with van der Waals surface area (Å²) in [6.07, 6.45) is 0. The molecule has 0 bridgehead atoms. The zero-order chi connectivity index (χ0) is 10.5. The second-order valence-corrected chi connectivity index (χ2v) is 5.39. The molecule has 0 saturated carbocycles. The highest BCUT2D eigenvalue weighted by atomic mass is 16.5. The summed E-state index contributed by atoms with van der Waals surface area (Å²) >= 11 is 0. The fourth-order valence-electron chi connectivity index (χ4n) is 1.02. The maximum absolute atomic E-state index is 5.09. The summed E-state index contributed by atoms with van der Waals surface area (Å²) in [5.74, 6) is 0. The fourth-order valence-corrected chi connectivity index (χ4v) is 1.02. The van der Waals surface area contributed by atoms with Gasteiger partial charge in [-0.05, 0) is 0 Å². The second kappa shape index (κ2) is 4.94. The lowest BCUT2D eigenvalue weighted by Gasteiger charge is -2.33. The van der Waals surface area contributed by atoms with E-state index in [0.29, 0.717) is 0 Å². The van der Waals surface area contributed by atoms with E-state index in [4.69, 9.17) is 4.74 Å². The van der Waals surface area contributed by atoms with E-state index in [1.807, 2.05) is 0 Å². The first-order valence-electron chi connectivity index (χ1n) is 4.88. The number of methoxy groups -OCH3 is 1. The number of quaternary nitrogens is 2. The van der Waals surface area contributed by atoms with Crippen LogP contribution < -0.4 is 0 Å². The normalized spacial score (nSPS) is 13.4. The van der Waals surface area contributed by atoms with Gasteiger partial charge in [-0.1, -0.05) is 0 Å². The number of ether oxygens (including phenoxy) is 1. The Labute approximate surface area is 83.1 Å². The Hall–Kier alpha value is -0.120. The number of hydrogen-bond acceptors (Lipinski definition) is 1. The number of likely N-dealkylation sites (N-methyl/N-ethyl adjacent to an activating group) is 2. The smallest absolute Gasteiger partial charge is 0.128 e. The summed E-state index contributed by atoms with van der Waals surface area (Å²) in [4.78, 5) is 0. The van der Waals surface area contributed by atoms with Crippen LogP contribution in [0.3, 0.4) is 0 Å². The van der Waals surface area contributed by atoms with Crippen LogP contribution in [0.25, 0.3) is 0 Å². The van der Waals surface area contributed by atoms with Crippen LogP contribution in [-0.2, 0) is 4.74 Å². The highest BCUT2D eigenvalue weighted by Crippen LogP contribution is 1.99. The zero-order valence-corrected chi connectivity index (χ0v) is 10.1. The highest BCUT2D eigenvalue weighted by Gasteiger charge is 2.18. The van der Waals surface area contributed by atoms with E-state index in [1.165, 1.54) is 13.1 Å². The topological polar surface area (TPSA) is 9.23 Å². The summed E-state index contributed by atoms with van der Waals surface area (Å²) in [5.41, 5.74) is 0. The van der Waals surface area contributed by atoms with Gasteiger partial charge in [0.2, 0.25) is 0 Å². The third-order valence-electron chi connectivity index (χ3n) is 2.28. The summed E-state index contributed by atoms with van der Waals surface area (Å²) in [5, 5.41) is 0. The van der Waals surface area contributed by atoms with Gasteiger partial charge in [-0.25, -0.2) is 0 Å². The number of nitrogens with zero attached hydrogens (tertiary/aromatic N) is 2. The van der Waals surface area contributed by atoms with E-state index in [0.717, 1.165) is 22.1 Å². The molecule has 0 aliphatic heterocycles. The third-order valence-corrected chi connectivity index (χ3v) is 2.28. The lowest BCUT2D eigenvalue weighted by Crippen LogP contribution is -2.50. The minimum atomic E-state index is 0.851. The molecule has 3 nitrogen and oxygen atoms in total. The van der Waals surface area contributed by atoms with Gasteiger partial charge in [-0.15, -0.1) is 0 Å². The molecule has 13 heavy (non-hydrogen) atoms. The largest absolute Gasteiger partial charge is 0.379 e. The Bertz CT molecular complexity index is 138. The Morgan fingerprint density at radius 1 is 0.846 bits per heavy atom. The molecule has 0 aromatic carbocycles. The van der Waals surface area contributed by atoms with E-state index < -0.39 is 0 Å². The van der Waals surface area contributed by atoms with E-state index in [2.05, 4.69) is 35.2 Å². The van der Waals surface area contributed by atoms with Crippen LogP contribution in [0.5, 0.6) is 0 Å². The average molecular weight is 190 g/mol. The van der Waals surface area contributed by atoms with Crippen molar-refractivity contribution >= 4 is 0 Å². The molecule has 0 fully saturated rings. The van der Waals surface area contributed by atoms with Gasteiger partial charge in [0.15, 0.2) is 0 Å². The maximum Gasteiger partial charge on any atom is 0.128 e. The molecule has 0 amide bonds. The van der Waals surface area contributed by atoms with Crippen molar-refractivity contribution in [2.75, 3.05) is 68.6 Å². The predicted molar refractivity (Wildman–Crippen MR) is 56.6 cm³/mol. The van der Waals surface area contributed by atoms with Crippen LogP contribution in [0.4, 0.5) is 0 Å². The first kappa shape index (κ1) is 12.9. The molecule has 0 aromatic heterocycles. The molecular weight excluding hydrogens is 164 g/mol. The Morgan fingerprint density at radius 3 is 1.77 bits per heavy atom. The van der Waals surface area contributed by atoms with Crippen LogP contribution >= 0.6 is 0 Å². The predicted octanol–water partition coefficient (Wildman–Crippen LogP) is 0.415. The zero-order valence-electron chi connectivity index (χ0n) is 10.1. The second-order valence-electron chi connectivity index (χ2n) is 5.39. The Morgan fingerprint density at radius 2 is 1.38 bits per heavy atom. The van der Waals surface area contributed by atoms with E-state index in [-0.39, 0.29) is 0 Å². The van der Waals surface area contributed by atoms with Crippen molar-refractivity contribution in [1.29, 1.82) is 0 Å². The van der Waals surface area contributed by atoms with Crippen molar-refractivity contribution in [1.82, 2.24) is 0 Å². The summed E-state index contributed by atoms with van der Waals surface area (Å²) in [6, 6.07) is 0. The standard InChI is InChI=1S/C10H26N2O/c1-11(2,3)7-8-12(4,5)9-10-13-6/h7-10H2,1-6H3/q+2. The SMILES string of the molecule is COCC[N+](C)(C)CC[N+](C)(C)C. The Kier molecular flexibility index (Phi) is 4.89. The molecule has 0 aliphatic carbocycles. The van der Waals surface area contributed by atoms with Gasteiger partial charge in [0.1, 0.15) is 19.6 Å². The lowest BCUT2D eigenvalue weighted by atomic mass is 10.4. The highest BCUT2D eigenvalue weighted by molar-refractivity contribution is 4.34. The van der Waals surface area contributed by atoms with Gasteiger partial charge in [-0.3, -0.25) is 0 Å². The van der Waals surface area contributed by atoms with Crippen LogP contribution in [0.15, 0.2) is 0 Å². The number of rotatable bonds is 6. The van der Waals surface area contributed by atoms with Crippen molar-refractivity contribution in [2.24, 2.45) is 0 Å². The van der Waals surface area contributed by atoms with Crippen LogP contribution in [0.1, 0.15) is 0 Å². The summed E-state index contributed by atoms with van der Waals surface area (Å²) in [6.45, 7) is 4.35. The van der Waals surface area contributed by atoms with Crippen LogP contribution in [-0.4, -0.2) is 77.6 Å². The molecule has 0 atom stereocenters. The average Bonchev–Trinajstić information content (AvgIpc) is 1.97. The van der Waals surface area contributed by atoms with Crippen molar-refractivity contribution in [2.45, 2.75) is 0 Å². The van der Waals surface area contributed by atoms with Crippen LogP contribution in [0, 0.1) is 0 Å². The van der Waals surface area contributed by atoms with Crippen molar-refractivity contribution < 1.29 is 13.7 Å². The third kappa shape index (κ3) is 8.22. The van der Waals surface area contributed by atoms with Gasteiger partial charge in [0, 0.05) is 7.11 Å². The van der Waals surface area contributed by atoms with Crippen molar-refractivity contribution in [3.8, 4) is 0 Å². The first-order valence-corrected chi connectivity index (χ1v) is 4.88. The van der Waals surface area contributed by atoms with Gasteiger partial charge in [0.05, 0.1) is 41.8 Å². The summed E-state index contributed by atoms with van der Waals surface area (Å²) < 4.78 is 7.17. The van der Waals surface area contributed by atoms with Gasteiger partial charge in [-0.2, -0.15) is 0 Å². The molecule has 0 spiro atoms. The molecule has 0 rings (SSSR count). The van der Waals surface area contributed by atoms with E-state index >= 15 is 0 Å². The molecule has 0 N–H and O–H groups in total. The molecule has 80 valence electrons. The minimum Gasteiger partial charge on any atom is -0.379 e. The Balaban J connectivity index is 3.75. The van der Waals surface area contributed by atoms with Gasteiger partial charge in [0.25, 0.3) is 0 Å². The molecule has 0 saturated heterocycles. The molecule has 0 radical (unpaired) electrons. The quantitative estimate of drug-likeness (QED) is 0.552.